The molecule has 1 aliphatic rings. The SMILES string of the molecule is COc1ncc(-c2ccc3ncc(C#N)c(N4C(C)(C)COCC4(C)C)c3c2)cc1NS(C)(=O)=O. The average molecular weight is 496 g/mol. The summed E-state index contributed by atoms with van der Waals surface area (Å²) >= 11 is 0. The number of morpholine rings is 1. The van der Waals surface area contributed by atoms with Crippen molar-refractivity contribution in [2.24, 2.45) is 0 Å². The summed E-state index contributed by atoms with van der Waals surface area (Å²) < 4.78 is 37.3. The molecule has 35 heavy (non-hydrogen) atoms. The zero-order valence-electron chi connectivity index (χ0n) is 20.7. The summed E-state index contributed by atoms with van der Waals surface area (Å²) in [5.41, 5.74) is 3.01. The summed E-state index contributed by atoms with van der Waals surface area (Å²) in [5.74, 6) is 0.172. The number of rotatable bonds is 5. The number of nitrogens with zero attached hydrogens (tertiary/aromatic N) is 4. The minimum absolute atomic E-state index is 0.172. The smallest absolute Gasteiger partial charge is 0.238 e. The van der Waals surface area contributed by atoms with Crippen LogP contribution in [0.5, 0.6) is 5.88 Å². The van der Waals surface area contributed by atoms with Crippen molar-refractivity contribution in [2.75, 3.05) is 36.2 Å². The highest BCUT2D eigenvalue weighted by molar-refractivity contribution is 7.92. The van der Waals surface area contributed by atoms with Crippen LogP contribution in [-0.4, -0.2) is 56.0 Å². The van der Waals surface area contributed by atoms with Gasteiger partial charge in [0.15, 0.2) is 0 Å². The van der Waals surface area contributed by atoms with Gasteiger partial charge in [0.25, 0.3) is 0 Å². The lowest BCUT2D eigenvalue weighted by Crippen LogP contribution is -2.64. The van der Waals surface area contributed by atoms with E-state index in [1.54, 1.807) is 18.5 Å². The number of aromatic nitrogens is 2. The zero-order valence-corrected chi connectivity index (χ0v) is 21.5. The fourth-order valence-electron chi connectivity index (χ4n) is 4.83. The first-order valence-electron chi connectivity index (χ1n) is 11.1. The summed E-state index contributed by atoms with van der Waals surface area (Å²) in [6.07, 6.45) is 4.31. The lowest BCUT2D eigenvalue weighted by atomic mass is 9.88. The van der Waals surface area contributed by atoms with Crippen molar-refractivity contribution in [2.45, 2.75) is 38.8 Å². The minimum Gasteiger partial charge on any atom is -0.480 e. The molecule has 0 amide bonds. The standard InChI is InChI=1S/C25H29N5O4S/c1-24(2)14-34-15-25(3,4)30(24)22-18(11-26)13-27-20-8-7-16(9-19(20)22)17-10-21(29-35(6,31)32)23(33-5)28-12-17/h7-10,12-13,29H,14-15H2,1-6H3. The van der Waals surface area contributed by atoms with Gasteiger partial charge in [-0.2, -0.15) is 5.26 Å². The molecule has 2 aromatic heterocycles. The van der Waals surface area contributed by atoms with E-state index in [9.17, 15) is 13.7 Å². The molecule has 1 aromatic carbocycles. The van der Waals surface area contributed by atoms with Crippen LogP contribution in [0.4, 0.5) is 11.4 Å². The van der Waals surface area contributed by atoms with Gasteiger partial charge in [-0.1, -0.05) is 6.07 Å². The molecule has 3 aromatic rings. The molecule has 0 atom stereocenters. The van der Waals surface area contributed by atoms with E-state index in [-0.39, 0.29) is 22.6 Å². The number of nitriles is 1. The van der Waals surface area contributed by atoms with E-state index in [4.69, 9.17) is 9.47 Å². The number of benzene rings is 1. The normalized spacial score (nSPS) is 17.1. The van der Waals surface area contributed by atoms with Crippen molar-refractivity contribution >= 4 is 32.3 Å². The highest BCUT2D eigenvalue weighted by atomic mass is 32.2. The molecule has 1 aliphatic heterocycles. The van der Waals surface area contributed by atoms with Gasteiger partial charge < -0.3 is 14.4 Å². The Kier molecular flexibility index (Phi) is 6.11. The Morgan fingerprint density at radius 2 is 1.77 bits per heavy atom. The van der Waals surface area contributed by atoms with Crippen LogP contribution in [0.3, 0.4) is 0 Å². The van der Waals surface area contributed by atoms with Crippen molar-refractivity contribution in [3.8, 4) is 23.1 Å². The molecule has 1 N–H and O–H groups in total. The first-order chi connectivity index (χ1) is 16.4. The molecule has 0 spiro atoms. The molecule has 0 aliphatic carbocycles. The Hall–Kier alpha value is -3.42. The summed E-state index contributed by atoms with van der Waals surface area (Å²) in [4.78, 5) is 11.1. The lowest BCUT2D eigenvalue weighted by molar-refractivity contribution is 0.0105. The molecule has 184 valence electrons. The topological polar surface area (TPSA) is 117 Å². The van der Waals surface area contributed by atoms with E-state index in [2.05, 4.69) is 53.4 Å². The number of sulfonamides is 1. The second-order valence-electron chi connectivity index (χ2n) is 9.97. The van der Waals surface area contributed by atoms with Gasteiger partial charge >= 0.3 is 0 Å². The quantitative estimate of drug-likeness (QED) is 0.566. The second kappa shape index (κ2) is 8.66. The Morgan fingerprint density at radius 3 is 2.37 bits per heavy atom. The van der Waals surface area contributed by atoms with E-state index >= 15 is 0 Å². The third-order valence-electron chi connectivity index (χ3n) is 5.98. The molecule has 0 radical (unpaired) electrons. The number of anilines is 2. The first kappa shape index (κ1) is 24.7. The third kappa shape index (κ3) is 4.74. The van der Waals surface area contributed by atoms with Crippen LogP contribution in [0.15, 0.2) is 36.7 Å². The van der Waals surface area contributed by atoms with Gasteiger partial charge in [-0.3, -0.25) is 9.71 Å². The van der Waals surface area contributed by atoms with E-state index in [0.717, 1.165) is 28.4 Å². The summed E-state index contributed by atoms with van der Waals surface area (Å²) in [6, 6.07) is 9.75. The molecule has 9 nitrogen and oxygen atoms in total. The van der Waals surface area contributed by atoms with Crippen molar-refractivity contribution in [1.29, 1.82) is 5.26 Å². The number of methoxy groups -OCH3 is 1. The van der Waals surface area contributed by atoms with Crippen molar-refractivity contribution in [3.63, 3.8) is 0 Å². The zero-order chi connectivity index (χ0) is 25.6. The molecule has 10 heteroatoms. The van der Waals surface area contributed by atoms with Crippen LogP contribution in [0.25, 0.3) is 22.0 Å². The monoisotopic (exact) mass is 495 g/mol. The molecule has 3 heterocycles. The molecule has 0 bridgehead atoms. The predicted molar refractivity (Wildman–Crippen MR) is 136 cm³/mol. The van der Waals surface area contributed by atoms with Gasteiger partial charge in [0.1, 0.15) is 11.8 Å². The molecule has 0 saturated carbocycles. The maximum Gasteiger partial charge on any atom is 0.238 e. The van der Waals surface area contributed by atoms with Gasteiger partial charge in [-0.15, -0.1) is 0 Å². The van der Waals surface area contributed by atoms with Crippen LogP contribution < -0.4 is 14.4 Å². The highest BCUT2D eigenvalue weighted by Gasteiger charge is 2.44. The van der Waals surface area contributed by atoms with Crippen molar-refractivity contribution in [1.82, 2.24) is 9.97 Å². The average Bonchev–Trinajstić information content (AvgIpc) is 2.76. The van der Waals surface area contributed by atoms with Gasteiger partial charge in [0.2, 0.25) is 15.9 Å². The Labute approximate surface area is 205 Å². The van der Waals surface area contributed by atoms with Gasteiger partial charge in [0.05, 0.1) is 54.4 Å². The predicted octanol–water partition coefficient (Wildman–Crippen LogP) is 3.94. The molecular formula is C25H29N5O4S. The molecular weight excluding hydrogens is 466 g/mol. The van der Waals surface area contributed by atoms with Crippen molar-refractivity contribution in [3.05, 3.63) is 42.2 Å². The van der Waals surface area contributed by atoms with Crippen molar-refractivity contribution < 1.29 is 17.9 Å². The van der Waals surface area contributed by atoms with E-state index in [1.165, 1.54) is 7.11 Å². The lowest BCUT2D eigenvalue weighted by Gasteiger charge is -2.54. The Morgan fingerprint density at radius 1 is 1.09 bits per heavy atom. The molecule has 1 fully saturated rings. The maximum absolute atomic E-state index is 11.9. The van der Waals surface area contributed by atoms with E-state index in [0.29, 0.717) is 24.3 Å². The van der Waals surface area contributed by atoms with Crippen LogP contribution in [0.2, 0.25) is 0 Å². The number of hydrogen-bond acceptors (Lipinski definition) is 8. The maximum atomic E-state index is 11.9. The Bertz CT molecular complexity index is 1430. The van der Waals surface area contributed by atoms with Crippen LogP contribution in [0.1, 0.15) is 33.3 Å². The molecule has 1 saturated heterocycles. The van der Waals surface area contributed by atoms with Gasteiger partial charge in [0, 0.05) is 23.3 Å². The number of ether oxygens (including phenoxy) is 2. The molecule has 4 rings (SSSR count). The number of nitrogens with one attached hydrogen (secondary N) is 1. The van der Waals surface area contributed by atoms with Gasteiger partial charge in [-0.05, 0) is 51.5 Å². The second-order valence-corrected chi connectivity index (χ2v) is 11.7. The van der Waals surface area contributed by atoms with Crippen LogP contribution >= 0.6 is 0 Å². The highest BCUT2D eigenvalue weighted by Crippen LogP contribution is 2.42. The first-order valence-corrected chi connectivity index (χ1v) is 13.0. The number of pyridine rings is 2. The fraction of sp³-hybridized carbons (Fsp3) is 0.400. The summed E-state index contributed by atoms with van der Waals surface area (Å²) in [5, 5.41) is 10.8. The van der Waals surface area contributed by atoms with Crippen LogP contribution in [0, 0.1) is 11.3 Å². The summed E-state index contributed by atoms with van der Waals surface area (Å²) in [6.45, 7) is 9.44. The minimum atomic E-state index is -3.53. The number of fused-ring (bicyclic) bond motifs is 1. The largest absolute Gasteiger partial charge is 0.480 e. The van der Waals surface area contributed by atoms with Crippen LogP contribution in [-0.2, 0) is 14.8 Å². The van der Waals surface area contributed by atoms with E-state index < -0.39 is 10.0 Å². The fourth-order valence-corrected chi connectivity index (χ4v) is 5.38. The Balaban J connectivity index is 1.95. The summed E-state index contributed by atoms with van der Waals surface area (Å²) in [7, 11) is -2.10. The van der Waals surface area contributed by atoms with Gasteiger partial charge in [-0.25, -0.2) is 13.4 Å². The number of hydrogen-bond donors (Lipinski definition) is 1. The molecule has 0 unspecified atom stereocenters. The van der Waals surface area contributed by atoms with E-state index in [1.807, 2.05) is 18.2 Å². The third-order valence-corrected chi connectivity index (χ3v) is 6.57.